The highest BCUT2D eigenvalue weighted by atomic mass is 32.2. The van der Waals surface area contributed by atoms with Crippen LogP contribution in [0.25, 0.3) is 0 Å². The Hall–Kier alpha value is -1.57. The van der Waals surface area contributed by atoms with Gasteiger partial charge in [0.2, 0.25) is 10.0 Å². The molecule has 5 nitrogen and oxygen atoms in total. The van der Waals surface area contributed by atoms with E-state index in [4.69, 9.17) is 4.74 Å². The predicted octanol–water partition coefficient (Wildman–Crippen LogP) is 4.13. The number of hydrogen-bond donors (Lipinski definition) is 0. The molecule has 0 amide bonds. The van der Waals surface area contributed by atoms with E-state index in [-0.39, 0.29) is 4.90 Å². The lowest BCUT2D eigenvalue weighted by molar-refractivity contribution is 0.344. The minimum atomic E-state index is -3.43. The second-order valence-electron chi connectivity index (χ2n) is 6.66. The van der Waals surface area contributed by atoms with E-state index in [9.17, 15) is 8.42 Å². The number of aromatic nitrogens is 1. The first-order valence-electron chi connectivity index (χ1n) is 9.34. The summed E-state index contributed by atoms with van der Waals surface area (Å²) < 4.78 is 32.8. The van der Waals surface area contributed by atoms with E-state index in [0.29, 0.717) is 19.7 Å². The summed E-state index contributed by atoms with van der Waals surface area (Å²) in [4.78, 5) is 4.60. The highest BCUT2D eigenvalue weighted by Crippen LogP contribution is 2.22. The van der Waals surface area contributed by atoms with Gasteiger partial charge in [0.1, 0.15) is 10.6 Å². The van der Waals surface area contributed by atoms with Gasteiger partial charge in [0, 0.05) is 25.0 Å². The fourth-order valence-corrected chi connectivity index (χ4v) is 5.11. The van der Waals surface area contributed by atoms with E-state index in [1.54, 1.807) is 28.2 Å². The van der Waals surface area contributed by atoms with Crippen molar-refractivity contribution in [3.8, 4) is 5.75 Å². The maximum Gasteiger partial charge on any atom is 0.244 e. The summed E-state index contributed by atoms with van der Waals surface area (Å²) >= 11 is 1.56. The van der Waals surface area contributed by atoms with Gasteiger partial charge in [-0.05, 0) is 44.0 Å². The molecule has 0 spiro atoms. The molecule has 27 heavy (non-hydrogen) atoms. The number of aryl methyl sites for hydroxylation is 1. The maximum absolute atomic E-state index is 12.8. The Labute approximate surface area is 166 Å². The van der Waals surface area contributed by atoms with Crippen LogP contribution in [-0.2, 0) is 10.0 Å². The molecule has 1 aromatic carbocycles. The number of hydrogen-bond acceptors (Lipinski definition) is 5. The molecule has 1 saturated heterocycles. The van der Waals surface area contributed by atoms with Crippen LogP contribution in [0.1, 0.15) is 31.2 Å². The van der Waals surface area contributed by atoms with E-state index >= 15 is 0 Å². The van der Waals surface area contributed by atoms with Gasteiger partial charge in [-0.25, -0.2) is 13.4 Å². The lowest BCUT2D eigenvalue weighted by atomic mass is 10.2. The van der Waals surface area contributed by atoms with Crippen molar-refractivity contribution in [1.29, 1.82) is 0 Å². The van der Waals surface area contributed by atoms with Crippen molar-refractivity contribution in [2.45, 2.75) is 42.5 Å². The zero-order chi connectivity index (χ0) is 19.1. The Kier molecular flexibility index (Phi) is 7.15. The number of rotatable bonds is 7. The third-order valence-corrected chi connectivity index (χ3v) is 7.33. The molecule has 2 aromatic rings. The highest BCUT2D eigenvalue weighted by molar-refractivity contribution is 7.99. The van der Waals surface area contributed by atoms with Gasteiger partial charge >= 0.3 is 0 Å². The summed E-state index contributed by atoms with van der Waals surface area (Å²) in [6.45, 7) is 3.83. The first-order valence-corrected chi connectivity index (χ1v) is 11.8. The van der Waals surface area contributed by atoms with Crippen molar-refractivity contribution < 1.29 is 13.2 Å². The average molecular weight is 407 g/mol. The van der Waals surface area contributed by atoms with Gasteiger partial charge in [-0.3, -0.25) is 0 Å². The minimum Gasteiger partial charge on any atom is -0.493 e. The van der Waals surface area contributed by atoms with Crippen molar-refractivity contribution in [3.05, 3.63) is 48.2 Å². The number of pyridine rings is 1. The molecule has 0 unspecified atom stereocenters. The Morgan fingerprint density at radius 3 is 2.37 bits per heavy atom. The number of nitrogens with zero attached hydrogens (tertiary/aromatic N) is 2. The summed E-state index contributed by atoms with van der Waals surface area (Å²) in [5.41, 5.74) is 1.20. The number of thioether (sulfide) groups is 1. The molecule has 0 radical (unpaired) electrons. The molecule has 3 rings (SSSR count). The summed E-state index contributed by atoms with van der Waals surface area (Å²) in [5, 5.41) is 0.803. The van der Waals surface area contributed by atoms with E-state index in [2.05, 4.69) is 4.98 Å². The summed E-state index contributed by atoms with van der Waals surface area (Å²) in [6.07, 6.45) is 5.54. The summed E-state index contributed by atoms with van der Waals surface area (Å²) in [6, 6.07) is 11.4. The van der Waals surface area contributed by atoms with Gasteiger partial charge in [0.15, 0.2) is 0 Å². The number of ether oxygens (including phenoxy) is 1. The SMILES string of the molecule is Cc1ccc(OCCSc2ccc(S(=O)(=O)N3CCCCCC3)cn2)cc1. The second-order valence-corrected chi connectivity index (χ2v) is 9.71. The first kappa shape index (κ1) is 20.2. The number of sulfonamides is 1. The molecule has 0 N–H and O–H groups in total. The van der Waals surface area contributed by atoms with Gasteiger partial charge in [0.25, 0.3) is 0 Å². The van der Waals surface area contributed by atoms with Crippen LogP contribution in [0.5, 0.6) is 5.75 Å². The zero-order valence-electron chi connectivity index (χ0n) is 15.6. The third kappa shape index (κ3) is 5.70. The molecular formula is C20H26N2O3S2. The topological polar surface area (TPSA) is 59.5 Å². The molecular weight excluding hydrogens is 380 g/mol. The first-order chi connectivity index (χ1) is 13.1. The second kappa shape index (κ2) is 9.57. The summed E-state index contributed by atoms with van der Waals surface area (Å²) in [5.74, 6) is 1.60. The normalized spacial score (nSPS) is 16.0. The lowest BCUT2D eigenvalue weighted by Crippen LogP contribution is -2.32. The molecule has 0 aliphatic carbocycles. The lowest BCUT2D eigenvalue weighted by Gasteiger charge is -2.19. The van der Waals surface area contributed by atoms with Crippen LogP contribution in [0.15, 0.2) is 52.5 Å². The Morgan fingerprint density at radius 1 is 1.04 bits per heavy atom. The average Bonchev–Trinajstić information content (AvgIpc) is 2.97. The molecule has 0 saturated carbocycles. The smallest absolute Gasteiger partial charge is 0.244 e. The van der Waals surface area contributed by atoms with Crippen LogP contribution in [0.3, 0.4) is 0 Å². The fraction of sp³-hybridized carbons (Fsp3) is 0.450. The zero-order valence-corrected chi connectivity index (χ0v) is 17.3. The monoisotopic (exact) mass is 406 g/mol. The number of benzene rings is 1. The third-order valence-electron chi connectivity index (χ3n) is 4.54. The molecule has 1 aliphatic rings. The maximum atomic E-state index is 12.8. The quantitative estimate of drug-likeness (QED) is 0.511. The van der Waals surface area contributed by atoms with Crippen LogP contribution < -0.4 is 4.74 Å². The molecule has 1 aliphatic heterocycles. The Bertz CT molecular complexity index is 813. The fourth-order valence-electron chi connectivity index (χ4n) is 2.98. The molecule has 0 atom stereocenters. The van der Waals surface area contributed by atoms with Gasteiger partial charge < -0.3 is 4.74 Å². The molecule has 2 heterocycles. The van der Waals surface area contributed by atoms with Crippen LogP contribution in [0.4, 0.5) is 0 Å². The molecule has 1 aromatic heterocycles. The van der Waals surface area contributed by atoms with Gasteiger partial charge in [-0.1, -0.05) is 30.5 Å². The van der Waals surface area contributed by atoms with Crippen LogP contribution in [0.2, 0.25) is 0 Å². The van der Waals surface area contributed by atoms with Crippen molar-refractivity contribution in [2.24, 2.45) is 0 Å². The Morgan fingerprint density at radius 2 is 1.74 bits per heavy atom. The standard InChI is InChI=1S/C20H26N2O3S2/c1-17-6-8-18(9-7-17)25-14-15-26-20-11-10-19(16-21-20)27(23,24)22-12-4-2-3-5-13-22/h6-11,16H,2-5,12-15H2,1H3. The predicted molar refractivity (Wildman–Crippen MR) is 109 cm³/mol. The van der Waals surface area contributed by atoms with E-state index in [1.165, 1.54) is 11.8 Å². The molecule has 7 heteroatoms. The van der Waals surface area contributed by atoms with Crippen molar-refractivity contribution in [3.63, 3.8) is 0 Å². The minimum absolute atomic E-state index is 0.282. The van der Waals surface area contributed by atoms with Crippen molar-refractivity contribution in [2.75, 3.05) is 25.4 Å². The van der Waals surface area contributed by atoms with E-state index in [0.717, 1.165) is 42.2 Å². The van der Waals surface area contributed by atoms with E-state index in [1.807, 2.05) is 31.2 Å². The highest BCUT2D eigenvalue weighted by Gasteiger charge is 2.25. The van der Waals surface area contributed by atoms with Crippen LogP contribution >= 0.6 is 11.8 Å². The largest absolute Gasteiger partial charge is 0.493 e. The van der Waals surface area contributed by atoms with Gasteiger partial charge in [-0.15, -0.1) is 11.8 Å². The molecule has 1 fully saturated rings. The van der Waals surface area contributed by atoms with E-state index < -0.39 is 10.0 Å². The van der Waals surface area contributed by atoms with Crippen LogP contribution in [0, 0.1) is 6.92 Å². The molecule has 146 valence electrons. The summed E-state index contributed by atoms with van der Waals surface area (Å²) in [7, 11) is -3.43. The molecule has 0 bridgehead atoms. The van der Waals surface area contributed by atoms with Gasteiger partial charge in [-0.2, -0.15) is 4.31 Å². The van der Waals surface area contributed by atoms with Crippen molar-refractivity contribution in [1.82, 2.24) is 9.29 Å². The van der Waals surface area contributed by atoms with Gasteiger partial charge in [0.05, 0.1) is 11.6 Å². The van der Waals surface area contributed by atoms with Crippen LogP contribution in [-0.4, -0.2) is 43.2 Å². The van der Waals surface area contributed by atoms with Crippen molar-refractivity contribution >= 4 is 21.8 Å². The Balaban J connectivity index is 1.51.